The highest BCUT2D eigenvalue weighted by Gasteiger charge is 2.23. The van der Waals surface area contributed by atoms with Crippen LogP contribution in [0.5, 0.6) is 0 Å². The summed E-state index contributed by atoms with van der Waals surface area (Å²) in [7, 11) is 0. The molecule has 0 saturated carbocycles. The van der Waals surface area contributed by atoms with Gasteiger partial charge in [-0.1, -0.05) is 60.4 Å². The van der Waals surface area contributed by atoms with E-state index in [1.165, 1.54) is 12.1 Å². The highest BCUT2D eigenvalue weighted by Crippen LogP contribution is 2.18. The maximum Gasteiger partial charge on any atom is 0.407 e. The van der Waals surface area contributed by atoms with Crippen LogP contribution in [0, 0.1) is 17.7 Å². The number of hydrogen-bond acceptors (Lipinski definition) is 2. The SMILES string of the molecule is Fc1ccccc1.O=C1N[C@H](c2cccc(C#Cc3ccccc3)c2)CO1. The second-order valence-corrected chi connectivity index (χ2v) is 5.83. The van der Waals surface area contributed by atoms with Crippen LogP contribution in [0.2, 0.25) is 0 Å². The van der Waals surface area contributed by atoms with Crippen molar-refractivity contribution in [3.05, 3.63) is 107 Å². The van der Waals surface area contributed by atoms with Crippen molar-refractivity contribution in [3.8, 4) is 11.8 Å². The molecule has 0 spiro atoms. The molecule has 1 fully saturated rings. The van der Waals surface area contributed by atoms with Crippen molar-refractivity contribution in [3.63, 3.8) is 0 Å². The second kappa shape index (κ2) is 9.21. The van der Waals surface area contributed by atoms with Gasteiger partial charge in [0.15, 0.2) is 0 Å². The molecule has 1 aliphatic rings. The van der Waals surface area contributed by atoms with Crippen LogP contribution in [0.4, 0.5) is 9.18 Å². The third kappa shape index (κ3) is 5.72. The molecule has 3 aromatic rings. The summed E-state index contributed by atoms with van der Waals surface area (Å²) in [4.78, 5) is 11.1. The molecule has 1 aliphatic heterocycles. The van der Waals surface area contributed by atoms with Crippen LogP contribution < -0.4 is 5.32 Å². The molecule has 1 heterocycles. The fraction of sp³-hybridized carbons (Fsp3) is 0.0870. The summed E-state index contributed by atoms with van der Waals surface area (Å²) in [6, 6.07) is 25.5. The average Bonchev–Trinajstić information content (AvgIpc) is 3.15. The van der Waals surface area contributed by atoms with Gasteiger partial charge in [0, 0.05) is 11.1 Å². The largest absolute Gasteiger partial charge is 0.447 e. The summed E-state index contributed by atoms with van der Waals surface area (Å²) in [5.41, 5.74) is 2.92. The molecule has 1 atom stereocenters. The lowest BCUT2D eigenvalue weighted by Gasteiger charge is -2.07. The van der Waals surface area contributed by atoms with Crippen LogP contribution in [0.15, 0.2) is 84.9 Å². The molecule has 0 aliphatic carbocycles. The Labute approximate surface area is 157 Å². The smallest absolute Gasteiger partial charge is 0.407 e. The van der Waals surface area contributed by atoms with Gasteiger partial charge in [0.2, 0.25) is 0 Å². The van der Waals surface area contributed by atoms with E-state index in [2.05, 4.69) is 17.2 Å². The monoisotopic (exact) mass is 359 g/mol. The highest BCUT2D eigenvalue weighted by atomic mass is 19.1. The number of carbonyl (C=O) groups is 1. The van der Waals surface area contributed by atoms with E-state index in [-0.39, 0.29) is 18.0 Å². The normalized spacial score (nSPS) is 14.7. The molecular weight excluding hydrogens is 341 g/mol. The van der Waals surface area contributed by atoms with Crippen LogP contribution >= 0.6 is 0 Å². The van der Waals surface area contributed by atoms with Gasteiger partial charge in [0.25, 0.3) is 0 Å². The molecule has 1 saturated heterocycles. The number of hydrogen-bond donors (Lipinski definition) is 1. The molecule has 0 unspecified atom stereocenters. The van der Waals surface area contributed by atoms with Crippen LogP contribution in [0.3, 0.4) is 0 Å². The third-order valence-electron chi connectivity index (χ3n) is 3.82. The summed E-state index contributed by atoms with van der Waals surface area (Å²) in [5, 5.41) is 2.76. The van der Waals surface area contributed by atoms with Gasteiger partial charge in [-0.15, -0.1) is 0 Å². The minimum absolute atomic E-state index is 0.0824. The number of carbonyl (C=O) groups excluding carboxylic acids is 1. The molecule has 0 radical (unpaired) electrons. The molecule has 4 heteroatoms. The first-order valence-corrected chi connectivity index (χ1v) is 8.51. The fourth-order valence-corrected chi connectivity index (χ4v) is 2.48. The molecule has 0 bridgehead atoms. The molecule has 1 N–H and O–H groups in total. The zero-order chi connectivity index (χ0) is 18.9. The number of cyclic esters (lactones) is 1. The topological polar surface area (TPSA) is 38.3 Å². The first-order valence-electron chi connectivity index (χ1n) is 8.51. The van der Waals surface area contributed by atoms with E-state index in [9.17, 15) is 9.18 Å². The predicted molar refractivity (Wildman–Crippen MR) is 102 cm³/mol. The van der Waals surface area contributed by atoms with Gasteiger partial charge in [-0.2, -0.15) is 0 Å². The lowest BCUT2D eigenvalue weighted by Crippen LogP contribution is -2.18. The van der Waals surface area contributed by atoms with Gasteiger partial charge in [-0.3, -0.25) is 0 Å². The van der Waals surface area contributed by atoms with E-state index >= 15 is 0 Å². The summed E-state index contributed by atoms with van der Waals surface area (Å²) in [6.45, 7) is 0.369. The molecule has 4 rings (SSSR count). The Kier molecular flexibility index (Phi) is 6.21. The summed E-state index contributed by atoms with van der Waals surface area (Å²) < 4.78 is 16.8. The van der Waals surface area contributed by atoms with E-state index < -0.39 is 0 Å². The Balaban J connectivity index is 0.000000253. The minimum Gasteiger partial charge on any atom is -0.447 e. The zero-order valence-corrected chi connectivity index (χ0v) is 14.6. The Morgan fingerprint density at radius 3 is 2.07 bits per heavy atom. The number of ether oxygens (including phenoxy) is 1. The number of halogens is 1. The van der Waals surface area contributed by atoms with Crippen molar-refractivity contribution < 1.29 is 13.9 Å². The van der Waals surface area contributed by atoms with Gasteiger partial charge in [0.05, 0.1) is 6.04 Å². The lowest BCUT2D eigenvalue weighted by molar-refractivity contribution is 0.177. The maximum atomic E-state index is 11.9. The Morgan fingerprint density at radius 2 is 1.48 bits per heavy atom. The number of rotatable bonds is 1. The van der Waals surface area contributed by atoms with Gasteiger partial charge in [-0.05, 0) is 42.0 Å². The van der Waals surface area contributed by atoms with Crippen molar-refractivity contribution in [2.24, 2.45) is 0 Å². The quantitative estimate of drug-likeness (QED) is 0.640. The maximum absolute atomic E-state index is 11.9. The molecule has 134 valence electrons. The van der Waals surface area contributed by atoms with Gasteiger partial charge in [-0.25, -0.2) is 9.18 Å². The second-order valence-electron chi connectivity index (χ2n) is 5.83. The van der Waals surface area contributed by atoms with Crippen molar-refractivity contribution in [1.29, 1.82) is 0 Å². The fourth-order valence-electron chi connectivity index (χ4n) is 2.48. The number of nitrogens with one attached hydrogen (secondary N) is 1. The Morgan fingerprint density at radius 1 is 0.852 bits per heavy atom. The molecule has 3 aromatic carbocycles. The van der Waals surface area contributed by atoms with E-state index in [4.69, 9.17) is 4.74 Å². The van der Waals surface area contributed by atoms with E-state index in [0.717, 1.165) is 16.7 Å². The van der Waals surface area contributed by atoms with Crippen molar-refractivity contribution >= 4 is 6.09 Å². The van der Waals surface area contributed by atoms with Crippen molar-refractivity contribution in [2.75, 3.05) is 6.61 Å². The molecule has 3 nitrogen and oxygen atoms in total. The van der Waals surface area contributed by atoms with Crippen LogP contribution in [0.1, 0.15) is 22.7 Å². The van der Waals surface area contributed by atoms with Crippen LogP contribution in [-0.2, 0) is 4.74 Å². The van der Waals surface area contributed by atoms with Crippen molar-refractivity contribution in [1.82, 2.24) is 5.32 Å². The zero-order valence-electron chi connectivity index (χ0n) is 14.6. The standard InChI is InChI=1S/C17H13NO2.C6H5F/c19-17-18-16(12-20-17)15-8-4-7-14(11-15)10-9-13-5-2-1-3-6-13;7-6-4-2-1-3-5-6/h1-8,11,16H,12H2,(H,18,19);1-5H/t16-;/m0./s1. The summed E-state index contributed by atoms with van der Waals surface area (Å²) in [6.07, 6.45) is -0.365. The third-order valence-corrected chi connectivity index (χ3v) is 3.82. The Hall–Kier alpha value is -3.58. The van der Waals surface area contributed by atoms with Crippen molar-refractivity contribution in [2.45, 2.75) is 6.04 Å². The summed E-state index contributed by atoms with van der Waals surface area (Å²) >= 11 is 0. The van der Waals surface area contributed by atoms with E-state index in [1.807, 2.05) is 54.6 Å². The number of benzene rings is 3. The van der Waals surface area contributed by atoms with Crippen LogP contribution in [-0.4, -0.2) is 12.7 Å². The van der Waals surface area contributed by atoms with E-state index in [1.54, 1.807) is 18.2 Å². The molecule has 27 heavy (non-hydrogen) atoms. The molecule has 0 aromatic heterocycles. The minimum atomic E-state index is -0.365. The average molecular weight is 359 g/mol. The van der Waals surface area contributed by atoms with Gasteiger partial charge in [0.1, 0.15) is 12.4 Å². The van der Waals surface area contributed by atoms with Crippen LogP contribution in [0.25, 0.3) is 0 Å². The molecular formula is C23H18FNO2. The van der Waals surface area contributed by atoms with Gasteiger partial charge >= 0.3 is 6.09 Å². The highest BCUT2D eigenvalue weighted by molar-refractivity contribution is 5.70. The lowest BCUT2D eigenvalue weighted by atomic mass is 10.0. The Bertz CT molecular complexity index is 946. The van der Waals surface area contributed by atoms with Gasteiger partial charge < -0.3 is 10.1 Å². The first-order chi connectivity index (χ1) is 13.2. The summed E-state index contributed by atoms with van der Waals surface area (Å²) in [5.74, 6) is 6.07. The van der Waals surface area contributed by atoms with E-state index in [0.29, 0.717) is 6.61 Å². The number of amides is 1. The first kappa shape index (κ1) is 18.2. The molecule has 1 amide bonds. The predicted octanol–water partition coefficient (Wildman–Crippen LogP) is 4.69. The number of alkyl carbamates (subject to hydrolysis) is 1.